The highest BCUT2D eigenvalue weighted by Gasteiger charge is 2.28. The molecule has 0 spiro atoms. The molecule has 2 aliphatic rings. The molecule has 178 valence electrons. The molecule has 2 fully saturated rings. The van der Waals surface area contributed by atoms with Gasteiger partial charge in [-0.2, -0.15) is 0 Å². The topological polar surface area (TPSA) is 101 Å². The summed E-state index contributed by atoms with van der Waals surface area (Å²) >= 11 is 6.43. The molecule has 0 unspecified atom stereocenters. The Labute approximate surface area is 200 Å². The Morgan fingerprint density at radius 1 is 1.24 bits per heavy atom. The van der Waals surface area contributed by atoms with Crippen molar-refractivity contribution in [1.82, 2.24) is 20.3 Å². The zero-order valence-corrected chi connectivity index (χ0v) is 20.3. The molecule has 1 amide bonds. The van der Waals surface area contributed by atoms with Gasteiger partial charge in [-0.3, -0.25) is 9.78 Å². The van der Waals surface area contributed by atoms with Gasteiger partial charge in [-0.25, -0.2) is 9.97 Å². The number of carbonyl (C=O) groups excluding carboxylic acids is 1. The predicted molar refractivity (Wildman–Crippen MR) is 130 cm³/mol. The van der Waals surface area contributed by atoms with Gasteiger partial charge in [0, 0.05) is 37.5 Å². The zero-order chi connectivity index (χ0) is 23.4. The Morgan fingerprint density at radius 2 is 2.09 bits per heavy atom. The summed E-state index contributed by atoms with van der Waals surface area (Å²) in [5, 5.41) is 10.2. The lowest BCUT2D eigenvalue weighted by Gasteiger charge is -2.35. The Kier molecular flexibility index (Phi) is 7.46. The zero-order valence-electron chi connectivity index (χ0n) is 19.5. The van der Waals surface area contributed by atoms with Crippen LogP contribution in [-0.2, 0) is 9.53 Å². The van der Waals surface area contributed by atoms with Gasteiger partial charge in [0.15, 0.2) is 0 Å². The third kappa shape index (κ3) is 6.40. The lowest BCUT2D eigenvalue weighted by atomic mass is 9.88. The van der Waals surface area contributed by atoms with E-state index in [4.69, 9.17) is 21.3 Å². The van der Waals surface area contributed by atoms with Crippen LogP contribution in [0.25, 0.3) is 11.3 Å². The van der Waals surface area contributed by atoms with Crippen molar-refractivity contribution in [2.24, 2.45) is 11.8 Å². The third-order valence-electron chi connectivity index (χ3n) is 6.42. The van der Waals surface area contributed by atoms with Crippen LogP contribution in [0.5, 0.6) is 0 Å². The van der Waals surface area contributed by atoms with E-state index >= 15 is 0 Å². The molecule has 2 saturated heterocycles. The number of rotatable bonds is 6. The van der Waals surface area contributed by atoms with Crippen LogP contribution in [0.1, 0.15) is 46.5 Å². The van der Waals surface area contributed by atoms with Crippen molar-refractivity contribution in [3.63, 3.8) is 0 Å². The highest BCUT2D eigenvalue weighted by atomic mass is 35.5. The second kappa shape index (κ2) is 10.3. The fourth-order valence-corrected chi connectivity index (χ4v) is 4.72. The van der Waals surface area contributed by atoms with Crippen molar-refractivity contribution < 1.29 is 9.53 Å². The monoisotopic (exact) mass is 472 g/mol. The maximum absolute atomic E-state index is 12.7. The number of piperidine rings is 1. The van der Waals surface area contributed by atoms with Gasteiger partial charge in [0.2, 0.25) is 5.91 Å². The first-order chi connectivity index (χ1) is 15.8. The van der Waals surface area contributed by atoms with E-state index in [9.17, 15) is 4.79 Å². The Balaban J connectivity index is 1.42. The molecule has 0 radical (unpaired) electrons. The lowest BCUT2D eigenvalue weighted by Crippen LogP contribution is -2.41. The van der Waals surface area contributed by atoms with E-state index in [2.05, 4.69) is 46.7 Å². The van der Waals surface area contributed by atoms with Crippen LogP contribution in [-0.4, -0.2) is 52.2 Å². The van der Waals surface area contributed by atoms with Gasteiger partial charge < -0.3 is 20.7 Å². The van der Waals surface area contributed by atoms with E-state index in [0.29, 0.717) is 46.4 Å². The van der Waals surface area contributed by atoms with Crippen molar-refractivity contribution in [1.29, 1.82) is 0 Å². The number of amides is 1. The van der Waals surface area contributed by atoms with E-state index in [0.717, 1.165) is 38.8 Å². The molecule has 2 aliphatic heterocycles. The summed E-state index contributed by atoms with van der Waals surface area (Å²) < 4.78 is 5.81. The summed E-state index contributed by atoms with van der Waals surface area (Å²) in [6, 6.07) is 2.21. The largest absolute Gasteiger partial charge is 0.376 e. The van der Waals surface area contributed by atoms with Crippen molar-refractivity contribution >= 4 is 29.1 Å². The molecule has 2 aromatic rings. The van der Waals surface area contributed by atoms with Crippen molar-refractivity contribution in [2.75, 3.05) is 30.3 Å². The van der Waals surface area contributed by atoms with Crippen molar-refractivity contribution in [3.05, 3.63) is 29.7 Å². The number of hydrogen-bond donors (Lipinski definition) is 3. The quantitative estimate of drug-likeness (QED) is 0.580. The van der Waals surface area contributed by atoms with Crippen LogP contribution in [0.4, 0.5) is 11.6 Å². The number of hydrogen-bond acceptors (Lipinski definition) is 7. The molecule has 4 heterocycles. The number of aromatic nitrogens is 3. The Bertz CT molecular complexity index is 977. The Hall–Kier alpha value is -2.29. The summed E-state index contributed by atoms with van der Waals surface area (Å²) in [5.74, 6) is 1.57. The SMILES string of the molecule is C[C@@H]1CC[C@@H](C(=O)Nc2cc(-c3cncc(NC[C@@H]4CCOC(C)(C)C4)n3)c(Cl)cn2)CN1. The molecular formula is C24H33ClN6O2. The van der Waals surface area contributed by atoms with Crippen LogP contribution < -0.4 is 16.0 Å². The maximum Gasteiger partial charge on any atom is 0.229 e. The molecule has 33 heavy (non-hydrogen) atoms. The highest BCUT2D eigenvalue weighted by Crippen LogP contribution is 2.30. The standard InChI is InChI=1S/C24H33ClN6O2/c1-15-4-5-17(11-27-15)23(32)31-21-8-18(19(25)12-29-21)20-13-26-14-22(30-20)28-10-16-6-7-33-24(2,3)9-16/h8,12-17,27H,4-7,9-11H2,1-3H3,(H,28,30)(H,29,31,32)/t15-,16-,17-/m1/s1. The van der Waals surface area contributed by atoms with Crippen LogP contribution in [0.3, 0.4) is 0 Å². The molecule has 2 aromatic heterocycles. The number of anilines is 2. The van der Waals surface area contributed by atoms with Gasteiger partial charge in [-0.1, -0.05) is 11.6 Å². The Morgan fingerprint density at radius 3 is 2.85 bits per heavy atom. The van der Waals surface area contributed by atoms with Gasteiger partial charge in [0.25, 0.3) is 0 Å². The maximum atomic E-state index is 12.7. The van der Waals surface area contributed by atoms with Crippen LogP contribution in [0.15, 0.2) is 24.7 Å². The average Bonchev–Trinajstić information content (AvgIpc) is 2.79. The van der Waals surface area contributed by atoms with Crippen LogP contribution in [0.2, 0.25) is 5.02 Å². The van der Waals surface area contributed by atoms with Crippen LogP contribution >= 0.6 is 11.6 Å². The van der Waals surface area contributed by atoms with Crippen molar-refractivity contribution in [2.45, 2.75) is 58.1 Å². The summed E-state index contributed by atoms with van der Waals surface area (Å²) in [7, 11) is 0. The van der Waals surface area contributed by atoms with E-state index in [1.54, 1.807) is 24.7 Å². The molecule has 8 nitrogen and oxygen atoms in total. The van der Waals surface area contributed by atoms with Gasteiger partial charge in [0.1, 0.15) is 11.6 Å². The van der Waals surface area contributed by atoms with Gasteiger partial charge in [-0.15, -0.1) is 0 Å². The molecule has 0 saturated carbocycles. The van der Waals surface area contributed by atoms with Gasteiger partial charge in [-0.05, 0) is 58.4 Å². The van der Waals surface area contributed by atoms with E-state index < -0.39 is 0 Å². The number of pyridine rings is 1. The molecule has 3 atom stereocenters. The second-order valence-electron chi connectivity index (χ2n) is 9.76. The van der Waals surface area contributed by atoms with E-state index in [1.165, 1.54) is 0 Å². The first-order valence-electron chi connectivity index (χ1n) is 11.7. The normalized spacial score (nSPS) is 24.8. The van der Waals surface area contributed by atoms with E-state index in [-0.39, 0.29) is 17.4 Å². The minimum Gasteiger partial charge on any atom is -0.376 e. The predicted octanol–water partition coefficient (Wildman–Crippen LogP) is 4.14. The number of carbonyl (C=O) groups is 1. The summed E-state index contributed by atoms with van der Waals surface area (Å²) in [5.41, 5.74) is 1.22. The fraction of sp³-hybridized carbons (Fsp3) is 0.583. The second-order valence-corrected chi connectivity index (χ2v) is 10.2. The summed E-state index contributed by atoms with van der Waals surface area (Å²) in [6.07, 6.45) is 8.80. The summed E-state index contributed by atoms with van der Waals surface area (Å²) in [4.78, 5) is 26.0. The van der Waals surface area contributed by atoms with Gasteiger partial charge >= 0.3 is 0 Å². The number of ether oxygens (including phenoxy) is 1. The molecular weight excluding hydrogens is 440 g/mol. The van der Waals surface area contributed by atoms with E-state index in [1.807, 2.05) is 0 Å². The molecule has 0 aliphatic carbocycles. The lowest BCUT2D eigenvalue weighted by molar-refractivity contribution is -0.120. The molecule has 0 aromatic carbocycles. The molecule has 0 bridgehead atoms. The first-order valence-corrected chi connectivity index (χ1v) is 12.1. The summed E-state index contributed by atoms with van der Waals surface area (Å²) in [6.45, 7) is 8.66. The average molecular weight is 473 g/mol. The first kappa shape index (κ1) is 23.9. The van der Waals surface area contributed by atoms with Crippen LogP contribution in [0, 0.1) is 11.8 Å². The number of halogens is 1. The van der Waals surface area contributed by atoms with Gasteiger partial charge in [0.05, 0.1) is 34.6 Å². The number of nitrogens with one attached hydrogen (secondary N) is 3. The minimum absolute atomic E-state index is 0.0314. The molecule has 3 N–H and O–H groups in total. The molecule has 4 rings (SSSR count). The fourth-order valence-electron chi connectivity index (χ4n) is 4.52. The number of nitrogens with zero attached hydrogens (tertiary/aromatic N) is 3. The highest BCUT2D eigenvalue weighted by molar-refractivity contribution is 6.33. The third-order valence-corrected chi connectivity index (χ3v) is 6.72. The molecule has 9 heteroatoms. The smallest absolute Gasteiger partial charge is 0.229 e. The van der Waals surface area contributed by atoms with Crippen molar-refractivity contribution in [3.8, 4) is 11.3 Å². The minimum atomic E-state index is -0.0878.